The summed E-state index contributed by atoms with van der Waals surface area (Å²) in [5.74, 6) is 0.846. The highest BCUT2D eigenvalue weighted by Crippen LogP contribution is 2.28. The van der Waals surface area contributed by atoms with E-state index in [2.05, 4.69) is 0 Å². The Labute approximate surface area is 81.9 Å². The molecule has 0 N–H and O–H groups in total. The molecule has 1 aliphatic rings. The van der Waals surface area contributed by atoms with E-state index in [1.54, 1.807) is 6.55 Å². The number of carbonyl (C=O) groups is 1. The van der Waals surface area contributed by atoms with Gasteiger partial charge in [0.05, 0.1) is 0 Å². The van der Waals surface area contributed by atoms with Gasteiger partial charge in [0.1, 0.15) is 0 Å². The molecule has 4 nitrogen and oxygen atoms in total. The molecule has 76 valence electrons. The number of hydrogen-bond donors (Lipinski definition) is 0. The summed E-state index contributed by atoms with van der Waals surface area (Å²) in [5.41, 5.74) is 0. The molecule has 1 rings (SSSR count). The highest BCUT2D eigenvalue weighted by Gasteiger charge is 2.52. The van der Waals surface area contributed by atoms with Gasteiger partial charge in [-0.3, -0.25) is 0 Å². The third-order valence-electron chi connectivity index (χ3n) is 1.60. The average molecular weight is 236 g/mol. The Kier molecular flexibility index (Phi) is 2.69. The van der Waals surface area contributed by atoms with Gasteiger partial charge in [-0.25, -0.2) is 0 Å². The van der Waals surface area contributed by atoms with E-state index in [1.807, 2.05) is 26.2 Å². The highest BCUT2D eigenvalue weighted by atomic mass is 28.5. The van der Waals surface area contributed by atoms with E-state index in [0.29, 0.717) is 0 Å². The molecule has 0 saturated carbocycles. The van der Waals surface area contributed by atoms with Gasteiger partial charge in [0, 0.05) is 0 Å². The highest BCUT2D eigenvalue weighted by molar-refractivity contribution is 7.03. The van der Waals surface area contributed by atoms with Gasteiger partial charge in [-0.1, -0.05) is 0 Å². The summed E-state index contributed by atoms with van der Waals surface area (Å²) in [5, 5.41) is 0. The van der Waals surface area contributed by atoms with E-state index in [0.717, 1.165) is 5.91 Å². The lowest BCUT2D eigenvalue weighted by Gasteiger charge is -2.45. The molecule has 0 radical (unpaired) electrons. The molecule has 1 heterocycles. The normalized spacial score (nSPS) is 29.6. The number of rotatable bonds is 1. The van der Waals surface area contributed by atoms with Crippen LogP contribution in [0.2, 0.25) is 32.7 Å². The van der Waals surface area contributed by atoms with Crippen LogP contribution in [0, 0.1) is 0 Å². The molecular formula is C6H16O4Si3. The van der Waals surface area contributed by atoms with Crippen molar-refractivity contribution in [3.63, 3.8) is 0 Å². The van der Waals surface area contributed by atoms with E-state index in [1.165, 1.54) is 0 Å². The molecule has 0 aromatic heterocycles. The van der Waals surface area contributed by atoms with Gasteiger partial charge in [-0.15, -0.1) is 0 Å². The third kappa shape index (κ3) is 2.82. The molecule has 1 saturated heterocycles. The molecular weight excluding hydrogens is 220 g/mol. The number of hydrogen-bond acceptors (Lipinski definition) is 4. The Bertz CT molecular complexity index is 212. The van der Waals surface area contributed by atoms with Crippen LogP contribution in [0.25, 0.3) is 0 Å². The van der Waals surface area contributed by atoms with Gasteiger partial charge >= 0.3 is 25.7 Å². The van der Waals surface area contributed by atoms with Crippen molar-refractivity contribution in [2.24, 2.45) is 0 Å². The first-order valence-corrected chi connectivity index (χ1v) is 12.3. The fraction of sp³-hybridized carbons (Fsp3) is 0.833. The molecule has 0 amide bonds. The van der Waals surface area contributed by atoms with Crippen molar-refractivity contribution in [3.8, 4) is 0 Å². The lowest BCUT2D eigenvalue weighted by Crippen LogP contribution is -2.66. The Morgan fingerprint density at radius 1 is 0.846 bits per heavy atom. The van der Waals surface area contributed by atoms with Crippen molar-refractivity contribution in [1.29, 1.82) is 0 Å². The standard InChI is InChI=1S/C6H16O4Si3/c1-11(2)8-12(3,4)10-13(5,6-7)9-11/h6H,1-5H3. The maximum atomic E-state index is 10.9. The van der Waals surface area contributed by atoms with E-state index in [9.17, 15) is 4.79 Å². The zero-order chi connectivity index (χ0) is 10.3. The first-order chi connectivity index (χ1) is 5.68. The molecule has 1 fully saturated rings. The molecule has 0 aliphatic carbocycles. The molecule has 0 bridgehead atoms. The van der Waals surface area contributed by atoms with Gasteiger partial charge in [-0.2, -0.15) is 0 Å². The molecule has 0 atom stereocenters. The Morgan fingerprint density at radius 2 is 1.23 bits per heavy atom. The summed E-state index contributed by atoms with van der Waals surface area (Å²) in [6.45, 7) is 9.61. The minimum absolute atomic E-state index is 0.846. The predicted octanol–water partition coefficient (Wildman–Crippen LogP) is 1.30. The Balaban J connectivity index is 2.90. The van der Waals surface area contributed by atoms with Crippen molar-refractivity contribution < 1.29 is 17.1 Å². The molecule has 0 spiro atoms. The van der Waals surface area contributed by atoms with E-state index >= 15 is 0 Å². The molecule has 0 unspecified atom stereocenters. The summed E-state index contributed by atoms with van der Waals surface area (Å²) < 4.78 is 17.1. The van der Waals surface area contributed by atoms with Crippen molar-refractivity contribution in [1.82, 2.24) is 0 Å². The fourth-order valence-corrected chi connectivity index (χ4v) is 16.2. The fourth-order valence-electron chi connectivity index (χ4n) is 1.68. The predicted molar refractivity (Wildman–Crippen MR) is 56.6 cm³/mol. The van der Waals surface area contributed by atoms with Crippen LogP contribution < -0.4 is 0 Å². The Hall–Kier alpha value is 0.201. The van der Waals surface area contributed by atoms with Gasteiger partial charge in [-0.05, 0) is 32.7 Å². The zero-order valence-corrected chi connectivity index (χ0v) is 11.7. The molecule has 13 heavy (non-hydrogen) atoms. The quantitative estimate of drug-likeness (QED) is 0.508. The molecule has 0 aromatic carbocycles. The second-order valence-electron chi connectivity index (χ2n) is 4.24. The zero-order valence-electron chi connectivity index (χ0n) is 8.71. The topological polar surface area (TPSA) is 44.8 Å². The lowest BCUT2D eigenvalue weighted by atomic mass is 11.8. The summed E-state index contributed by atoms with van der Waals surface area (Å²) >= 11 is 0. The summed E-state index contributed by atoms with van der Waals surface area (Å²) in [4.78, 5) is 10.9. The molecule has 1 aliphatic heterocycles. The van der Waals surface area contributed by atoms with Crippen LogP contribution in [0.15, 0.2) is 0 Å². The largest absolute Gasteiger partial charge is 0.416 e. The number of carbonyl (C=O) groups excluding carboxylic acids is 1. The minimum atomic E-state index is -2.56. The van der Waals surface area contributed by atoms with Crippen molar-refractivity contribution in [3.05, 3.63) is 0 Å². The van der Waals surface area contributed by atoms with Gasteiger partial charge < -0.3 is 17.1 Å². The monoisotopic (exact) mass is 236 g/mol. The Morgan fingerprint density at radius 3 is 1.54 bits per heavy atom. The molecule has 7 heteroatoms. The van der Waals surface area contributed by atoms with Gasteiger partial charge in [0.25, 0.3) is 0 Å². The second-order valence-corrected chi connectivity index (χ2v) is 14.6. The smallest absolute Gasteiger partial charge is 0.385 e. The maximum absolute atomic E-state index is 10.9. The maximum Gasteiger partial charge on any atom is 0.385 e. The van der Waals surface area contributed by atoms with Crippen LogP contribution in [0.4, 0.5) is 0 Å². The van der Waals surface area contributed by atoms with Crippen molar-refractivity contribution >= 4 is 31.6 Å². The first kappa shape index (κ1) is 11.3. The van der Waals surface area contributed by atoms with Crippen molar-refractivity contribution in [2.45, 2.75) is 32.7 Å². The first-order valence-electron chi connectivity index (χ1n) is 4.25. The molecule has 0 aromatic rings. The van der Waals surface area contributed by atoms with E-state index in [-0.39, 0.29) is 0 Å². The lowest BCUT2D eigenvalue weighted by molar-refractivity contribution is 0.243. The van der Waals surface area contributed by atoms with Crippen LogP contribution in [-0.2, 0) is 17.1 Å². The minimum Gasteiger partial charge on any atom is -0.416 e. The summed E-state index contributed by atoms with van der Waals surface area (Å²) in [7, 11) is -6.79. The summed E-state index contributed by atoms with van der Waals surface area (Å²) in [6, 6.07) is 0. The summed E-state index contributed by atoms with van der Waals surface area (Å²) in [6.07, 6.45) is 0. The van der Waals surface area contributed by atoms with E-state index < -0.39 is 25.7 Å². The van der Waals surface area contributed by atoms with E-state index in [4.69, 9.17) is 12.3 Å². The van der Waals surface area contributed by atoms with Crippen LogP contribution >= 0.6 is 0 Å². The second kappa shape index (κ2) is 3.11. The van der Waals surface area contributed by atoms with Crippen LogP contribution in [-0.4, -0.2) is 31.6 Å². The van der Waals surface area contributed by atoms with Crippen LogP contribution in [0.1, 0.15) is 0 Å². The van der Waals surface area contributed by atoms with Gasteiger partial charge in [0.2, 0.25) is 0 Å². The van der Waals surface area contributed by atoms with Crippen LogP contribution in [0.5, 0.6) is 0 Å². The SMILES string of the molecule is C[Si]1(C)O[Si](C)(C)O[Si](C)(C=O)O1. The third-order valence-corrected chi connectivity index (χ3v) is 13.1. The van der Waals surface area contributed by atoms with Crippen LogP contribution in [0.3, 0.4) is 0 Å². The van der Waals surface area contributed by atoms with Gasteiger partial charge in [0.15, 0.2) is 5.91 Å². The average Bonchev–Trinajstić information content (AvgIpc) is 1.79. The van der Waals surface area contributed by atoms with Crippen molar-refractivity contribution in [2.75, 3.05) is 0 Å².